The minimum atomic E-state index is -0.229. The third-order valence-electron chi connectivity index (χ3n) is 3.29. The van der Waals surface area contributed by atoms with Crippen LogP contribution in [0.3, 0.4) is 0 Å². The number of aryl methyl sites for hydroxylation is 1. The molecule has 0 aliphatic rings. The van der Waals surface area contributed by atoms with E-state index in [4.69, 9.17) is 0 Å². The quantitative estimate of drug-likeness (QED) is 0.877. The predicted octanol–water partition coefficient (Wildman–Crippen LogP) is 3.69. The zero-order valence-corrected chi connectivity index (χ0v) is 11.2. The zero-order chi connectivity index (χ0) is 13.8. The monoisotopic (exact) mass is 259 g/mol. The number of nitrogens with one attached hydrogen (secondary N) is 1. The molecular weight excluding hydrogens is 241 g/mol. The summed E-state index contributed by atoms with van der Waals surface area (Å²) in [5.41, 5.74) is 2.76. The zero-order valence-electron chi connectivity index (χ0n) is 11.2. The molecule has 0 bridgehead atoms. The summed E-state index contributed by atoms with van der Waals surface area (Å²) < 4.78 is 12.8. The van der Waals surface area contributed by atoms with E-state index in [0.717, 1.165) is 16.7 Å². The molecule has 0 saturated carbocycles. The first-order chi connectivity index (χ1) is 9.08. The molecular formula is C16H18FNO. The number of rotatable bonds is 4. The predicted molar refractivity (Wildman–Crippen MR) is 74.5 cm³/mol. The van der Waals surface area contributed by atoms with E-state index in [1.54, 1.807) is 12.1 Å². The average Bonchev–Trinajstić information content (AvgIpc) is 2.41. The highest BCUT2D eigenvalue weighted by Gasteiger charge is 2.07. The van der Waals surface area contributed by atoms with Gasteiger partial charge in [-0.3, -0.25) is 0 Å². The van der Waals surface area contributed by atoms with Gasteiger partial charge in [0.05, 0.1) is 0 Å². The normalized spacial score (nSPS) is 12.4. The number of halogens is 1. The largest absolute Gasteiger partial charge is 0.507 e. The SMILES string of the molecule is Cc1cccc(CN[C@@H](C)c2ccc(F)cc2)c1O. The summed E-state index contributed by atoms with van der Waals surface area (Å²) >= 11 is 0. The molecule has 0 spiro atoms. The number of phenolic OH excluding ortho intramolecular Hbond substituents is 1. The van der Waals surface area contributed by atoms with Crippen LogP contribution in [-0.4, -0.2) is 5.11 Å². The maximum absolute atomic E-state index is 12.8. The molecule has 2 rings (SSSR count). The first-order valence-electron chi connectivity index (χ1n) is 6.34. The Morgan fingerprint density at radius 1 is 1.16 bits per heavy atom. The third kappa shape index (κ3) is 3.32. The van der Waals surface area contributed by atoms with Crippen LogP contribution in [0.1, 0.15) is 29.7 Å². The van der Waals surface area contributed by atoms with E-state index in [-0.39, 0.29) is 11.9 Å². The van der Waals surface area contributed by atoms with Crippen molar-refractivity contribution in [3.63, 3.8) is 0 Å². The van der Waals surface area contributed by atoms with Crippen molar-refractivity contribution >= 4 is 0 Å². The van der Waals surface area contributed by atoms with Crippen LogP contribution in [-0.2, 0) is 6.54 Å². The Morgan fingerprint density at radius 2 is 1.84 bits per heavy atom. The van der Waals surface area contributed by atoms with Crippen molar-refractivity contribution in [2.75, 3.05) is 0 Å². The molecule has 2 aromatic rings. The molecule has 0 amide bonds. The second kappa shape index (κ2) is 5.85. The highest BCUT2D eigenvalue weighted by Crippen LogP contribution is 2.22. The van der Waals surface area contributed by atoms with Crippen molar-refractivity contribution < 1.29 is 9.50 Å². The lowest BCUT2D eigenvalue weighted by atomic mass is 10.1. The van der Waals surface area contributed by atoms with Crippen LogP contribution in [0.4, 0.5) is 4.39 Å². The van der Waals surface area contributed by atoms with Crippen LogP contribution in [0.15, 0.2) is 42.5 Å². The van der Waals surface area contributed by atoms with Gasteiger partial charge >= 0.3 is 0 Å². The lowest BCUT2D eigenvalue weighted by molar-refractivity contribution is 0.456. The molecule has 19 heavy (non-hydrogen) atoms. The van der Waals surface area contributed by atoms with Gasteiger partial charge in [-0.25, -0.2) is 4.39 Å². The standard InChI is InChI=1S/C16H18FNO/c1-11-4-3-5-14(16(11)19)10-18-12(2)13-6-8-15(17)9-7-13/h3-9,12,18-19H,10H2,1-2H3/t12-/m0/s1. The van der Waals surface area contributed by atoms with Crippen molar-refractivity contribution in [3.05, 3.63) is 65.0 Å². The Hall–Kier alpha value is -1.87. The van der Waals surface area contributed by atoms with Gasteiger partial charge in [-0.15, -0.1) is 0 Å². The summed E-state index contributed by atoms with van der Waals surface area (Å²) in [5.74, 6) is 0.105. The molecule has 0 heterocycles. The van der Waals surface area contributed by atoms with Crippen molar-refractivity contribution in [2.45, 2.75) is 26.4 Å². The molecule has 2 nitrogen and oxygen atoms in total. The number of hydrogen-bond acceptors (Lipinski definition) is 2. The second-order valence-electron chi connectivity index (χ2n) is 4.74. The van der Waals surface area contributed by atoms with E-state index < -0.39 is 0 Å². The van der Waals surface area contributed by atoms with Gasteiger partial charge in [0.25, 0.3) is 0 Å². The Bertz CT molecular complexity index is 551. The minimum Gasteiger partial charge on any atom is -0.507 e. The van der Waals surface area contributed by atoms with E-state index >= 15 is 0 Å². The van der Waals surface area contributed by atoms with Crippen LogP contribution in [0.25, 0.3) is 0 Å². The summed E-state index contributed by atoms with van der Waals surface area (Å²) in [6.07, 6.45) is 0. The van der Waals surface area contributed by atoms with Gasteiger partial charge in [-0.1, -0.05) is 30.3 Å². The van der Waals surface area contributed by atoms with Crippen LogP contribution >= 0.6 is 0 Å². The highest BCUT2D eigenvalue weighted by atomic mass is 19.1. The first-order valence-corrected chi connectivity index (χ1v) is 6.34. The van der Waals surface area contributed by atoms with E-state index in [1.807, 2.05) is 32.0 Å². The van der Waals surface area contributed by atoms with Crippen molar-refractivity contribution in [3.8, 4) is 5.75 Å². The summed E-state index contributed by atoms with van der Waals surface area (Å²) in [5, 5.41) is 13.2. The lowest BCUT2D eigenvalue weighted by Crippen LogP contribution is -2.18. The number of phenols is 1. The Morgan fingerprint density at radius 3 is 2.53 bits per heavy atom. The Balaban J connectivity index is 2.02. The molecule has 0 unspecified atom stereocenters. The van der Waals surface area contributed by atoms with Gasteiger partial charge in [0.15, 0.2) is 0 Å². The fourth-order valence-corrected chi connectivity index (χ4v) is 1.99. The maximum Gasteiger partial charge on any atom is 0.123 e. The van der Waals surface area contributed by atoms with Crippen molar-refractivity contribution in [1.82, 2.24) is 5.32 Å². The summed E-state index contributed by atoms with van der Waals surface area (Å²) in [6.45, 7) is 4.47. The smallest absolute Gasteiger partial charge is 0.123 e. The van der Waals surface area contributed by atoms with Gasteiger partial charge in [0, 0.05) is 18.2 Å². The highest BCUT2D eigenvalue weighted by molar-refractivity contribution is 5.39. The van der Waals surface area contributed by atoms with E-state index in [0.29, 0.717) is 12.3 Å². The van der Waals surface area contributed by atoms with Gasteiger partial charge in [-0.2, -0.15) is 0 Å². The third-order valence-corrected chi connectivity index (χ3v) is 3.29. The molecule has 3 heteroatoms. The molecule has 100 valence electrons. The molecule has 0 aliphatic heterocycles. The molecule has 0 saturated heterocycles. The number of hydrogen-bond donors (Lipinski definition) is 2. The van der Waals surface area contributed by atoms with Crippen molar-refractivity contribution in [2.24, 2.45) is 0 Å². The second-order valence-corrected chi connectivity index (χ2v) is 4.74. The van der Waals surface area contributed by atoms with Gasteiger partial charge < -0.3 is 10.4 Å². The van der Waals surface area contributed by atoms with E-state index in [9.17, 15) is 9.50 Å². The molecule has 0 radical (unpaired) electrons. The Kier molecular flexibility index (Phi) is 4.17. The van der Waals surface area contributed by atoms with Crippen LogP contribution in [0, 0.1) is 12.7 Å². The molecule has 1 atom stereocenters. The molecule has 2 aromatic carbocycles. The molecule has 0 aromatic heterocycles. The lowest BCUT2D eigenvalue weighted by Gasteiger charge is -2.15. The van der Waals surface area contributed by atoms with E-state index in [1.165, 1.54) is 12.1 Å². The summed E-state index contributed by atoms with van der Waals surface area (Å²) in [4.78, 5) is 0. The fourth-order valence-electron chi connectivity index (χ4n) is 1.99. The average molecular weight is 259 g/mol. The number of para-hydroxylation sites is 1. The maximum atomic E-state index is 12.8. The summed E-state index contributed by atoms with van der Waals surface area (Å²) in [6, 6.07) is 12.2. The molecule has 0 aliphatic carbocycles. The van der Waals surface area contributed by atoms with E-state index in [2.05, 4.69) is 5.32 Å². The van der Waals surface area contributed by atoms with Crippen LogP contribution in [0.5, 0.6) is 5.75 Å². The topological polar surface area (TPSA) is 32.3 Å². The van der Waals surface area contributed by atoms with Gasteiger partial charge in [0.1, 0.15) is 11.6 Å². The van der Waals surface area contributed by atoms with Gasteiger partial charge in [0.2, 0.25) is 0 Å². The van der Waals surface area contributed by atoms with Crippen molar-refractivity contribution in [1.29, 1.82) is 0 Å². The number of aromatic hydroxyl groups is 1. The molecule has 0 fully saturated rings. The van der Waals surface area contributed by atoms with Crippen LogP contribution in [0.2, 0.25) is 0 Å². The Labute approximate surface area is 112 Å². The summed E-state index contributed by atoms with van der Waals surface area (Å²) in [7, 11) is 0. The molecule has 2 N–H and O–H groups in total. The minimum absolute atomic E-state index is 0.0977. The first kappa shape index (κ1) is 13.6. The number of benzene rings is 2. The van der Waals surface area contributed by atoms with Gasteiger partial charge in [-0.05, 0) is 37.1 Å². The fraction of sp³-hybridized carbons (Fsp3) is 0.250. The van der Waals surface area contributed by atoms with Crippen LogP contribution < -0.4 is 5.32 Å².